The second kappa shape index (κ2) is 6.23. The first-order chi connectivity index (χ1) is 8.78. The third-order valence-corrected chi connectivity index (χ3v) is 2.88. The van der Waals surface area contributed by atoms with Gasteiger partial charge in [-0.1, -0.05) is 0 Å². The van der Waals surface area contributed by atoms with E-state index in [0.717, 1.165) is 25.1 Å². The van der Waals surface area contributed by atoms with Crippen LogP contribution in [0.1, 0.15) is 26.2 Å². The number of anilines is 1. The molecule has 18 heavy (non-hydrogen) atoms. The van der Waals surface area contributed by atoms with Crippen molar-refractivity contribution in [1.29, 1.82) is 0 Å². The molecule has 1 unspecified atom stereocenters. The summed E-state index contributed by atoms with van der Waals surface area (Å²) in [4.78, 5) is 15.6. The van der Waals surface area contributed by atoms with Gasteiger partial charge in [0.2, 0.25) is 11.8 Å². The summed E-state index contributed by atoms with van der Waals surface area (Å²) in [6.45, 7) is 3.32. The van der Waals surface area contributed by atoms with E-state index in [9.17, 15) is 4.79 Å². The molecule has 2 N–H and O–H groups in total. The number of rotatable bonds is 4. The average molecular weight is 249 g/mol. The van der Waals surface area contributed by atoms with Crippen LogP contribution < -0.4 is 15.4 Å². The van der Waals surface area contributed by atoms with E-state index in [1.54, 1.807) is 6.20 Å². The zero-order valence-corrected chi connectivity index (χ0v) is 10.6. The van der Waals surface area contributed by atoms with Gasteiger partial charge >= 0.3 is 0 Å². The van der Waals surface area contributed by atoms with E-state index >= 15 is 0 Å². The van der Waals surface area contributed by atoms with Gasteiger partial charge in [0.25, 0.3) is 0 Å². The number of hydrogen-bond acceptors (Lipinski definition) is 4. The van der Waals surface area contributed by atoms with Crippen molar-refractivity contribution in [3.8, 4) is 5.88 Å². The first-order valence-corrected chi connectivity index (χ1v) is 6.40. The maximum atomic E-state index is 11.4. The zero-order valence-electron chi connectivity index (χ0n) is 10.6. The van der Waals surface area contributed by atoms with E-state index < -0.39 is 0 Å². The van der Waals surface area contributed by atoms with E-state index in [4.69, 9.17) is 4.74 Å². The van der Waals surface area contributed by atoms with Gasteiger partial charge in [0.1, 0.15) is 0 Å². The monoisotopic (exact) mass is 249 g/mol. The number of carbonyl (C=O) groups excluding carboxylic acids is 1. The highest BCUT2D eigenvalue weighted by atomic mass is 16.5. The molecule has 1 amide bonds. The molecule has 1 atom stereocenters. The molecule has 1 aliphatic rings. The summed E-state index contributed by atoms with van der Waals surface area (Å²) in [6, 6.07) is 3.95. The number of aromatic nitrogens is 1. The van der Waals surface area contributed by atoms with Crippen molar-refractivity contribution >= 4 is 11.6 Å². The Bertz CT molecular complexity index is 392. The third-order valence-electron chi connectivity index (χ3n) is 2.88. The quantitative estimate of drug-likeness (QED) is 0.850. The predicted molar refractivity (Wildman–Crippen MR) is 69.7 cm³/mol. The van der Waals surface area contributed by atoms with E-state index in [1.807, 2.05) is 19.1 Å². The highest BCUT2D eigenvalue weighted by molar-refractivity contribution is 5.77. The largest absolute Gasteiger partial charge is 0.478 e. The van der Waals surface area contributed by atoms with Crippen molar-refractivity contribution in [2.75, 3.05) is 18.5 Å². The van der Waals surface area contributed by atoms with E-state index in [0.29, 0.717) is 18.9 Å². The summed E-state index contributed by atoms with van der Waals surface area (Å²) in [5.41, 5.74) is 0.929. The molecular formula is C13H19N3O2. The Morgan fingerprint density at radius 1 is 1.56 bits per heavy atom. The lowest BCUT2D eigenvalue weighted by Gasteiger charge is -2.16. The minimum atomic E-state index is 0.115. The number of carbonyl (C=O) groups is 1. The molecule has 98 valence electrons. The Kier molecular flexibility index (Phi) is 4.39. The lowest BCUT2D eigenvalue weighted by atomic mass is 10.1. The van der Waals surface area contributed by atoms with Gasteiger partial charge in [-0.25, -0.2) is 4.98 Å². The minimum absolute atomic E-state index is 0.115. The summed E-state index contributed by atoms with van der Waals surface area (Å²) in [6.07, 6.45) is 4.26. The summed E-state index contributed by atoms with van der Waals surface area (Å²) in [7, 11) is 0. The Morgan fingerprint density at radius 2 is 2.44 bits per heavy atom. The molecule has 1 aromatic heterocycles. The number of amides is 1. The Balaban J connectivity index is 1.93. The minimum Gasteiger partial charge on any atom is -0.478 e. The fraction of sp³-hybridized carbons (Fsp3) is 0.538. The van der Waals surface area contributed by atoms with Crippen molar-refractivity contribution < 1.29 is 9.53 Å². The molecule has 0 radical (unpaired) electrons. The molecule has 0 spiro atoms. The molecule has 5 nitrogen and oxygen atoms in total. The summed E-state index contributed by atoms with van der Waals surface area (Å²) in [5.74, 6) is 0.741. The fourth-order valence-electron chi connectivity index (χ4n) is 2.03. The van der Waals surface area contributed by atoms with Crippen LogP contribution in [0.4, 0.5) is 5.69 Å². The molecule has 0 aromatic carbocycles. The van der Waals surface area contributed by atoms with Crippen LogP contribution in [0.5, 0.6) is 5.88 Å². The molecule has 5 heteroatoms. The maximum absolute atomic E-state index is 11.4. The topological polar surface area (TPSA) is 63.2 Å². The number of pyridine rings is 1. The van der Waals surface area contributed by atoms with Gasteiger partial charge in [0.15, 0.2) is 0 Å². The Labute approximate surface area is 107 Å². The van der Waals surface area contributed by atoms with Crippen molar-refractivity contribution in [3.63, 3.8) is 0 Å². The molecule has 0 aliphatic carbocycles. The van der Waals surface area contributed by atoms with E-state index in [2.05, 4.69) is 15.6 Å². The van der Waals surface area contributed by atoms with E-state index in [-0.39, 0.29) is 11.9 Å². The van der Waals surface area contributed by atoms with Crippen LogP contribution in [0.15, 0.2) is 18.3 Å². The smallest absolute Gasteiger partial charge is 0.222 e. The normalized spacial score (nSPS) is 19.8. The van der Waals surface area contributed by atoms with Crippen LogP contribution in [0.2, 0.25) is 0 Å². The van der Waals surface area contributed by atoms with Crippen LogP contribution in [-0.4, -0.2) is 30.1 Å². The van der Waals surface area contributed by atoms with Gasteiger partial charge in [-0.15, -0.1) is 0 Å². The lowest BCUT2D eigenvalue weighted by molar-refractivity contribution is -0.120. The van der Waals surface area contributed by atoms with Gasteiger partial charge in [0.05, 0.1) is 18.5 Å². The number of nitrogens with zero attached hydrogens (tertiary/aromatic N) is 1. The van der Waals surface area contributed by atoms with Gasteiger partial charge in [-0.2, -0.15) is 0 Å². The highest BCUT2D eigenvalue weighted by Crippen LogP contribution is 2.16. The molecule has 0 bridgehead atoms. The molecular weight excluding hydrogens is 230 g/mol. The predicted octanol–water partition coefficient (Wildman–Crippen LogP) is 1.56. The lowest BCUT2D eigenvalue weighted by Crippen LogP contribution is -2.26. The molecule has 1 aromatic rings. The van der Waals surface area contributed by atoms with Crippen LogP contribution in [0.3, 0.4) is 0 Å². The van der Waals surface area contributed by atoms with Gasteiger partial charge < -0.3 is 15.4 Å². The Morgan fingerprint density at radius 3 is 3.17 bits per heavy atom. The van der Waals surface area contributed by atoms with Crippen LogP contribution in [0, 0.1) is 0 Å². The number of nitrogens with one attached hydrogen (secondary N) is 2. The first kappa shape index (κ1) is 12.7. The fourth-order valence-corrected chi connectivity index (χ4v) is 2.03. The second-order valence-electron chi connectivity index (χ2n) is 4.36. The van der Waals surface area contributed by atoms with E-state index in [1.165, 1.54) is 0 Å². The van der Waals surface area contributed by atoms with Crippen molar-refractivity contribution in [2.45, 2.75) is 32.2 Å². The van der Waals surface area contributed by atoms with Crippen molar-refractivity contribution in [2.24, 2.45) is 0 Å². The van der Waals surface area contributed by atoms with Crippen molar-refractivity contribution in [3.05, 3.63) is 18.3 Å². The third kappa shape index (κ3) is 3.61. The summed E-state index contributed by atoms with van der Waals surface area (Å²) in [5, 5.41) is 6.21. The summed E-state index contributed by atoms with van der Waals surface area (Å²) >= 11 is 0. The second-order valence-corrected chi connectivity index (χ2v) is 4.36. The molecule has 1 aliphatic heterocycles. The molecule has 1 saturated heterocycles. The van der Waals surface area contributed by atoms with Gasteiger partial charge in [-0.05, 0) is 25.8 Å². The molecule has 0 saturated carbocycles. The van der Waals surface area contributed by atoms with Crippen LogP contribution >= 0.6 is 0 Å². The summed E-state index contributed by atoms with van der Waals surface area (Å²) < 4.78 is 5.28. The standard InChI is InChI=1S/C13H19N3O2/c1-2-18-13-6-5-11(9-15-13)16-10-4-3-7-14-12(17)8-10/h5-6,9-10,16H,2-4,7-8H2,1H3,(H,14,17). The van der Waals surface area contributed by atoms with Crippen LogP contribution in [0.25, 0.3) is 0 Å². The molecule has 2 heterocycles. The first-order valence-electron chi connectivity index (χ1n) is 6.40. The number of ether oxygens (including phenoxy) is 1. The Hall–Kier alpha value is -1.78. The maximum Gasteiger partial charge on any atom is 0.222 e. The zero-order chi connectivity index (χ0) is 12.8. The molecule has 2 rings (SSSR count). The SMILES string of the molecule is CCOc1ccc(NC2CCCNC(=O)C2)cn1. The van der Waals surface area contributed by atoms with Gasteiger partial charge in [0, 0.05) is 25.1 Å². The average Bonchev–Trinajstić information content (AvgIpc) is 2.56. The van der Waals surface area contributed by atoms with Gasteiger partial charge in [-0.3, -0.25) is 4.79 Å². The number of hydrogen-bond donors (Lipinski definition) is 2. The van der Waals surface area contributed by atoms with Crippen molar-refractivity contribution in [1.82, 2.24) is 10.3 Å². The highest BCUT2D eigenvalue weighted by Gasteiger charge is 2.16. The van der Waals surface area contributed by atoms with Crippen LogP contribution in [-0.2, 0) is 4.79 Å². The molecule has 1 fully saturated rings.